The van der Waals surface area contributed by atoms with Crippen molar-refractivity contribution in [1.29, 1.82) is 0 Å². The number of hydrogen-bond acceptors (Lipinski definition) is 3. The summed E-state index contributed by atoms with van der Waals surface area (Å²) in [5.74, 6) is 0.332. The third kappa shape index (κ3) is 2.25. The third-order valence-electron chi connectivity index (χ3n) is 3.41. The number of rotatable bonds is 2. The molecular formula is C14H15FN2S. The average Bonchev–Trinajstić information content (AvgIpc) is 2.98. The zero-order valence-corrected chi connectivity index (χ0v) is 11.1. The Labute approximate surface area is 110 Å². The summed E-state index contributed by atoms with van der Waals surface area (Å²) >= 11 is 1.70. The van der Waals surface area contributed by atoms with E-state index in [9.17, 15) is 4.39 Å². The van der Waals surface area contributed by atoms with Crippen molar-refractivity contribution in [1.82, 2.24) is 4.98 Å². The van der Waals surface area contributed by atoms with Crippen LogP contribution in [0, 0.1) is 12.7 Å². The summed E-state index contributed by atoms with van der Waals surface area (Å²) in [6.07, 6.45) is 1.12. The molecule has 1 unspecified atom stereocenters. The van der Waals surface area contributed by atoms with Crippen molar-refractivity contribution >= 4 is 16.5 Å². The van der Waals surface area contributed by atoms with E-state index in [1.807, 2.05) is 19.1 Å². The SMILES string of the molecule is Cc1csc(N2CCC(c3ccc(F)cc3)C2)n1. The second-order valence-electron chi connectivity index (χ2n) is 4.75. The zero-order chi connectivity index (χ0) is 12.5. The molecule has 3 rings (SSSR count). The summed E-state index contributed by atoms with van der Waals surface area (Å²) in [4.78, 5) is 6.84. The maximum Gasteiger partial charge on any atom is 0.185 e. The Morgan fingerprint density at radius 1 is 1.33 bits per heavy atom. The van der Waals surface area contributed by atoms with Gasteiger partial charge in [-0.1, -0.05) is 12.1 Å². The minimum absolute atomic E-state index is 0.163. The van der Waals surface area contributed by atoms with Crippen molar-refractivity contribution in [3.05, 3.63) is 46.7 Å². The van der Waals surface area contributed by atoms with Crippen LogP contribution in [-0.2, 0) is 0 Å². The molecule has 4 heteroatoms. The van der Waals surface area contributed by atoms with Gasteiger partial charge in [0.1, 0.15) is 5.82 Å². The first kappa shape index (κ1) is 11.7. The average molecular weight is 262 g/mol. The monoisotopic (exact) mass is 262 g/mol. The van der Waals surface area contributed by atoms with Gasteiger partial charge in [0.25, 0.3) is 0 Å². The van der Waals surface area contributed by atoms with Crippen LogP contribution in [0.1, 0.15) is 23.6 Å². The first-order valence-electron chi connectivity index (χ1n) is 6.15. The minimum Gasteiger partial charge on any atom is -0.347 e. The van der Waals surface area contributed by atoms with E-state index in [4.69, 9.17) is 0 Å². The smallest absolute Gasteiger partial charge is 0.185 e. The summed E-state index contributed by atoms with van der Waals surface area (Å²) in [5, 5.41) is 3.19. The molecule has 0 bridgehead atoms. The number of anilines is 1. The van der Waals surface area contributed by atoms with Crippen molar-refractivity contribution < 1.29 is 4.39 Å². The molecule has 2 nitrogen and oxygen atoms in total. The van der Waals surface area contributed by atoms with E-state index in [1.54, 1.807) is 23.5 Å². The van der Waals surface area contributed by atoms with Crippen molar-refractivity contribution in [3.8, 4) is 0 Å². The lowest BCUT2D eigenvalue weighted by Gasteiger charge is -2.15. The van der Waals surface area contributed by atoms with Gasteiger partial charge in [0.15, 0.2) is 5.13 Å². The molecule has 1 atom stereocenters. The number of benzene rings is 1. The Morgan fingerprint density at radius 2 is 2.11 bits per heavy atom. The summed E-state index contributed by atoms with van der Waals surface area (Å²) in [6, 6.07) is 6.89. The van der Waals surface area contributed by atoms with Crippen LogP contribution in [0.25, 0.3) is 0 Å². The molecule has 94 valence electrons. The highest BCUT2D eigenvalue weighted by molar-refractivity contribution is 7.13. The van der Waals surface area contributed by atoms with Crippen molar-refractivity contribution in [2.75, 3.05) is 18.0 Å². The second kappa shape index (κ2) is 4.69. The van der Waals surface area contributed by atoms with E-state index in [0.29, 0.717) is 5.92 Å². The van der Waals surface area contributed by atoms with Gasteiger partial charge in [-0.2, -0.15) is 0 Å². The van der Waals surface area contributed by atoms with Gasteiger partial charge in [0.05, 0.1) is 5.69 Å². The maximum atomic E-state index is 12.9. The fourth-order valence-electron chi connectivity index (χ4n) is 2.43. The van der Waals surface area contributed by atoms with E-state index in [-0.39, 0.29) is 5.82 Å². The quantitative estimate of drug-likeness (QED) is 0.822. The topological polar surface area (TPSA) is 16.1 Å². The van der Waals surface area contributed by atoms with E-state index in [0.717, 1.165) is 30.3 Å². The molecule has 0 amide bonds. The van der Waals surface area contributed by atoms with Crippen molar-refractivity contribution in [2.24, 2.45) is 0 Å². The standard InChI is InChI=1S/C14H15FN2S/c1-10-9-18-14(16-10)17-7-6-12(8-17)11-2-4-13(15)5-3-11/h2-5,9,12H,6-8H2,1H3. The van der Waals surface area contributed by atoms with Crippen LogP contribution >= 0.6 is 11.3 Å². The van der Waals surface area contributed by atoms with Crippen LogP contribution in [-0.4, -0.2) is 18.1 Å². The van der Waals surface area contributed by atoms with E-state index >= 15 is 0 Å². The van der Waals surface area contributed by atoms with Gasteiger partial charge in [-0.15, -0.1) is 11.3 Å². The summed E-state index contributed by atoms with van der Waals surface area (Å²) in [5.41, 5.74) is 2.31. The number of aryl methyl sites for hydroxylation is 1. The number of halogens is 1. The van der Waals surface area contributed by atoms with Crippen LogP contribution in [0.15, 0.2) is 29.6 Å². The summed E-state index contributed by atoms with van der Waals surface area (Å²) < 4.78 is 12.9. The largest absolute Gasteiger partial charge is 0.347 e. The van der Waals surface area contributed by atoms with E-state index < -0.39 is 0 Å². The van der Waals surface area contributed by atoms with Crippen LogP contribution in [0.5, 0.6) is 0 Å². The molecule has 0 saturated carbocycles. The molecule has 1 aliphatic heterocycles. The van der Waals surface area contributed by atoms with Gasteiger partial charge in [0, 0.05) is 24.4 Å². The maximum absolute atomic E-state index is 12.9. The fraction of sp³-hybridized carbons (Fsp3) is 0.357. The predicted molar refractivity (Wildman–Crippen MR) is 72.8 cm³/mol. The van der Waals surface area contributed by atoms with Crippen LogP contribution in [0.4, 0.5) is 9.52 Å². The molecule has 2 aromatic rings. The lowest BCUT2D eigenvalue weighted by atomic mass is 9.99. The van der Waals surface area contributed by atoms with Crippen LogP contribution in [0.3, 0.4) is 0 Å². The molecule has 1 aliphatic rings. The second-order valence-corrected chi connectivity index (χ2v) is 5.59. The van der Waals surface area contributed by atoms with Crippen LogP contribution in [0.2, 0.25) is 0 Å². The van der Waals surface area contributed by atoms with Gasteiger partial charge in [-0.3, -0.25) is 0 Å². The van der Waals surface area contributed by atoms with Gasteiger partial charge < -0.3 is 4.90 Å². The zero-order valence-electron chi connectivity index (χ0n) is 10.3. The van der Waals surface area contributed by atoms with Crippen LogP contribution < -0.4 is 4.90 Å². The van der Waals surface area contributed by atoms with E-state index in [2.05, 4.69) is 15.3 Å². The molecule has 1 saturated heterocycles. The molecular weight excluding hydrogens is 247 g/mol. The molecule has 0 N–H and O–H groups in total. The highest BCUT2D eigenvalue weighted by Crippen LogP contribution is 2.32. The van der Waals surface area contributed by atoms with Gasteiger partial charge in [-0.25, -0.2) is 9.37 Å². The molecule has 2 heterocycles. The Morgan fingerprint density at radius 3 is 2.78 bits per heavy atom. The number of thiazole rings is 1. The van der Waals surface area contributed by atoms with Crippen molar-refractivity contribution in [2.45, 2.75) is 19.3 Å². The Balaban J connectivity index is 1.73. The van der Waals surface area contributed by atoms with Gasteiger partial charge >= 0.3 is 0 Å². The van der Waals surface area contributed by atoms with E-state index in [1.165, 1.54) is 5.56 Å². The Hall–Kier alpha value is -1.42. The number of nitrogens with zero attached hydrogens (tertiary/aromatic N) is 2. The Kier molecular flexibility index (Phi) is 3.04. The summed E-state index contributed by atoms with van der Waals surface area (Å²) in [6.45, 7) is 4.04. The first-order chi connectivity index (χ1) is 8.72. The molecule has 0 spiro atoms. The Bertz CT molecular complexity index is 535. The normalized spacial score (nSPS) is 19.4. The molecule has 1 aromatic heterocycles. The fourth-order valence-corrected chi connectivity index (χ4v) is 3.27. The highest BCUT2D eigenvalue weighted by atomic mass is 32.1. The van der Waals surface area contributed by atoms with Gasteiger partial charge in [0.2, 0.25) is 0 Å². The molecule has 18 heavy (non-hydrogen) atoms. The highest BCUT2D eigenvalue weighted by Gasteiger charge is 2.25. The minimum atomic E-state index is -0.163. The first-order valence-corrected chi connectivity index (χ1v) is 7.03. The summed E-state index contributed by atoms with van der Waals surface area (Å²) in [7, 11) is 0. The van der Waals surface area contributed by atoms with Gasteiger partial charge in [-0.05, 0) is 31.0 Å². The third-order valence-corrected chi connectivity index (χ3v) is 4.43. The predicted octanol–water partition coefficient (Wildman–Crippen LogP) is 3.58. The number of hydrogen-bond donors (Lipinski definition) is 0. The molecule has 1 aromatic carbocycles. The number of aromatic nitrogens is 1. The lowest BCUT2D eigenvalue weighted by Crippen LogP contribution is -2.18. The molecule has 1 fully saturated rings. The van der Waals surface area contributed by atoms with Crippen molar-refractivity contribution in [3.63, 3.8) is 0 Å². The lowest BCUT2D eigenvalue weighted by molar-refractivity contribution is 0.625. The molecule has 0 aliphatic carbocycles. The molecule has 0 radical (unpaired) electrons.